The Balaban J connectivity index is 3.14. The fourth-order valence-corrected chi connectivity index (χ4v) is 3.33. The Morgan fingerprint density at radius 2 is 1.90 bits per heavy atom. The van der Waals surface area contributed by atoms with Gasteiger partial charge in [-0.2, -0.15) is 0 Å². The van der Waals surface area contributed by atoms with Crippen molar-refractivity contribution >= 4 is 38.4 Å². The molecule has 0 aromatic carbocycles. The van der Waals surface area contributed by atoms with Gasteiger partial charge in [0.05, 0.1) is 13.2 Å². The predicted molar refractivity (Wildman–Crippen MR) is 112 cm³/mol. The summed E-state index contributed by atoms with van der Waals surface area (Å²) in [5.41, 5.74) is -1.38. The van der Waals surface area contributed by atoms with Gasteiger partial charge in [-0.05, 0) is 0 Å². The summed E-state index contributed by atoms with van der Waals surface area (Å²) in [6.07, 6.45) is -1.39. The molecule has 30 heavy (non-hydrogen) atoms. The molecule has 1 rings (SSSR count). The van der Waals surface area contributed by atoms with Gasteiger partial charge in [0.2, 0.25) is 0 Å². The molecule has 1 aromatic rings. The van der Waals surface area contributed by atoms with Crippen LogP contribution in [0.1, 0.15) is 6.23 Å². The number of nitrogens with zero attached hydrogens (tertiary/aromatic N) is 1. The van der Waals surface area contributed by atoms with Crippen molar-refractivity contribution < 1.29 is 39.9 Å². The Bertz CT molecular complexity index is 945. The fraction of sp³-hybridized carbons (Fsp3) is 0.571. The summed E-state index contributed by atoms with van der Waals surface area (Å²) in [7, 11) is -4.06. The highest BCUT2D eigenvalue weighted by Gasteiger charge is 2.25. The van der Waals surface area contributed by atoms with Crippen LogP contribution in [0.5, 0.6) is 0 Å². The van der Waals surface area contributed by atoms with Crippen LogP contribution < -0.4 is 11.2 Å². The molecule has 0 fully saturated rings. The topological polar surface area (TPSA) is 165 Å². The summed E-state index contributed by atoms with van der Waals surface area (Å²) in [5.74, 6) is 5.10. The minimum absolute atomic E-state index is 0.141. The van der Waals surface area contributed by atoms with Crippen LogP contribution in [-0.4, -0.2) is 61.3 Å². The van der Waals surface area contributed by atoms with E-state index < -0.39 is 45.6 Å². The summed E-state index contributed by atoms with van der Waals surface area (Å²) >= 11 is 1.20. The zero-order valence-corrected chi connectivity index (χ0v) is 20.1. The van der Waals surface area contributed by atoms with Crippen LogP contribution in [0.25, 0.3) is 0 Å². The Kier molecular flexibility index (Phi) is 11.7. The molecule has 2 N–H and O–H groups in total. The van der Waals surface area contributed by atoms with E-state index in [-0.39, 0.29) is 12.8 Å². The van der Waals surface area contributed by atoms with Crippen molar-refractivity contribution in [3.63, 3.8) is 0 Å². The van der Waals surface area contributed by atoms with Gasteiger partial charge >= 0.3 is 21.1 Å². The highest BCUT2D eigenvalue weighted by atomic mass is 127. The molecule has 0 amide bonds. The second kappa shape index (κ2) is 12.9. The minimum atomic E-state index is -4.36. The SMILES string of the molecule is COC[C@@H](O[C@H](C#CCP(=O)(OC)OC)COP(=O)(O)OI)n1ccc(=O)[nH]c1=O. The molecule has 0 radical (unpaired) electrons. The highest BCUT2D eigenvalue weighted by molar-refractivity contribution is 14.1. The molecule has 13 nitrogen and oxygen atoms in total. The Hall–Kier alpha value is -0.850. The van der Waals surface area contributed by atoms with Gasteiger partial charge in [0.1, 0.15) is 35.3 Å². The first kappa shape index (κ1) is 27.2. The van der Waals surface area contributed by atoms with Crippen LogP contribution in [0.2, 0.25) is 0 Å². The van der Waals surface area contributed by atoms with Crippen molar-refractivity contribution in [2.24, 2.45) is 0 Å². The molecule has 0 spiro atoms. The van der Waals surface area contributed by atoms with Crippen LogP contribution in [0, 0.1) is 11.8 Å². The number of ether oxygens (including phenoxy) is 2. The van der Waals surface area contributed by atoms with Gasteiger partial charge in [0.25, 0.3) is 5.56 Å². The number of halogens is 1. The van der Waals surface area contributed by atoms with Crippen LogP contribution in [0.15, 0.2) is 21.9 Å². The first-order valence-electron chi connectivity index (χ1n) is 8.02. The fourth-order valence-electron chi connectivity index (χ4n) is 1.93. The van der Waals surface area contributed by atoms with Crippen molar-refractivity contribution in [1.82, 2.24) is 9.55 Å². The summed E-state index contributed by atoms with van der Waals surface area (Å²) in [6, 6.07) is 1.10. The summed E-state index contributed by atoms with van der Waals surface area (Å²) < 4.78 is 54.0. The third-order valence-electron chi connectivity index (χ3n) is 3.36. The smallest absolute Gasteiger partial charge is 0.380 e. The van der Waals surface area contributed by atoms with Crippen molar-refractivity contribution in [3.8, 4) is 11.8 Å². The molecule has 16 heteroatoms. The monoisotopic (exact) mass is 582 g/mol. The molecule has 0 aliphatic carbocycles. The molecular formula is C14H21IN2O11P2. The Morgan fingerprint density at radius 1 is 1.23 bits per heavy atom. The van der Waals surface area contributed by atoms with Gasteiger partial charge in [-0.3, -0.25) is 23.4 Å². The molecule has 0 aliphatic rings. The van der Waals surface area contributed by atoms with Crippen LogP contribution in [-0.2, 0) is 35.0 Å². The van der Waals surface area contributed by atoms with Crippen LogP contribution >= 0.6 is 38.4 Å². The zero-order valence-electron chi connectivity index (χ0n) is 16.2. The van der Waals surface area contributed by atoms with E-state index in [2.05, 4.69) is 19.7 Å². The summed E-state index contributed by atoms with van der Waals surface area (Å²) in [4.78, 5) is 34.8. The number of aromatic nitrogens is 2. The summed E-state index contributed by atoms with van der Waals surface area (Å²) in [5, 5.41) is 0. The Morgan fingerprint density at radius 3 is 2.43 bits per heavy atom. The molecule has 0 saturated carbocycles. The number of hydrogen-bond donors (Lipinski definition) is 2. The molecule has 3 atom stereocenters. The lowest BCUT2D eigenvalue weighted by molar-refractivity contribution is -0.0829. The van der Waals surface area contributed by atoms with Crippen molar-refractivity contribution in [1.29, 1.82) is 0 Å². The van der Waals surface area contributed by atoms with Gasteiger partial charge in [-0.15, -0.1) is 0 Å². The predicted octanol–water partition coefficient (Wildman–Crippen LogP) is 1.04. The molecule has 0 saturated heterocycles. The quantitative estimate of drug-likeness (QED) is 0.206. The normalized spacial score (nSPS) is 15.6. The van der Waals surface area contributed by atoms with Gasteiger partial charge in [-0.1, -0.05) is 11.8 Å². The summed E-state index contributed by atoms with van der Waals surface area (Å²) in [6.45, 7) is -0.690. The largest absolute Gasteiger partial charge is 0.481 e. The van der Waals surface area contributed by atoms with E-state index in [1.807, 2.05) is 0 Å². The van der Waals surface area contributed by atoms with E-state index in [0.29, 0.717) is 0 Å². The molecule has 1 unspecified atom stereocenters. The first-order valence-corrected chi connectivity index (χ1v) is 12.1. The van der Waals surface area contributed by atoms with Crippen molar-refractivity contribution in [2.75, 3.05) is 40.7 Å². The molecule has 0 aliphatic heterocycles. The van der Waals surface area contributed by atoms with Gasteiger partial charge in [0.15, 0.2) is 6.23 Å². The van der Waals surface area contributed by atoms with E-state index in [9.17, 15) is 23.6 Å². The third kappa shape index (κ3) is 9.11. The van der Waals surface area contributed by atoms with Gasteiger partial charge in [0, 0.05) is 33.6 Å². The lowest BCUT2D eigenvalue weighted by atomic mass is 10.3. The average molecular weight is 582 g/mol. The third-order valence-corrected chi connectivity index (χ3v) is 7.16. The number of aromatic amines is 1. The number of hydrogen-bond acceptors (Lipinski definition) is 10. The number of H-pyrrole nitrogens is 1. The van der Waals surface area contributed by atoms with E-state index in [4.69, 9.17) is 23.0 Å². The lowest BCUT2D eigenvalue weighted by Crippen LogP contribution is -2.36. The highest BCUT2D eigenvalue weighted by Crippen LogP contribution is 2.46. The van der Waals surface area contributed by atoms with E-state index in [1.54, 1.807) is 0 Å². The Labute approximate surface area is 185 Å². The van der Waals surface area contributed by atoms with E-state index in [0.717, 1.165) is 10.6 Å². The first-order chi connectivity index (χ1) is 14.1. The van der Waals surface area contributed by atoms with E-state index >= 15 is 0 Å². The number of nitrogens with one attached hydrogen (secondary N) is 1. The molecule has 1 aromatic heterocycles. The van der Waals surface area contributed by atoms with Gasteiger partial charge in [-0.25, -0.2) is 12.2 Å². The minimum Gasteiger partial charge on any atom is -0.380 e. The van der Waals surface area contributed by atoms with E-state index in [1.165, 1.54) is 50.5 Å². The zero-order chi connectivity index (χ0) is 22.8. The second-order valence-corrected chi connectivity index (χ2v) is 10.1. The number of rotatable bonds is 12. The van der Waals surface area contributed by atoms with Crippen LogP contribution in [0.3, 0.4) is 0 Å². The van der Waals surface area contributed by atoms with Crippen LogP contribution in [0.4, 0.5) is 0 Å². The molecule has 0 bridgehead atoms. The molecular weight excluding hydrogens is 561 g/mol. The average Bonchev–Trinajstić information content (AvgIpc) is 2.71. The van der Waals surface area contributed by atoms with Crippen molar-refractivity contribution in [3.05, 3.63) is 33.1 Å². The number of phosphoric ester groups is 1. The van der Waals surface area contributed by atoms with Gasteiger partial charge < -0.3 is 23.4 Å². The molecule has 1 heterocycles. The molecule has 170 valence electrons. The number of phosphoric acid groups is 1. The maximum absolute atomic E-state index is 12.1. The maximum atomic E-state index is 12.1. The lowest BCUT2D eigenvalue weighted by Gasteiger charge is -2.23. The number of methoxy groups -OCH3 is 1. The maximum Gasteiger partial charge on any atom is 0.481 e. The van der Waals surface area contributed by atoms with Crippen molar-refractivity contribution in [2.45, 2.75) is 12.3 Å². The standard InChI is InChI=1S/C14H21IN2O11P2/c1-23-10-13(17-7-6-12(18)16-14(17)19)27-11(9-26-30(21,22)28-15)5-4-8-29(20,24-2)25-3/h6-7,11,13H,8-10H2,1-3H3,(H,21,22)(H,16,18,19)/t11-,13-/m1/s1. The second-order valence-electron chi connectivity index (χ2n) is 5.34.